The van der Waals surface area contributed by atoms with Crippen LogP contribution in [0.15, 0.2) is 0 Å². The summed E-state index contributed by atoms with van der Waals surface area (Å²) in [6, 6.07) is -0.499. The van der Waals surface area contributed by atoms with Gasteiger partial charge in [-0.25, -0.2) is 0 Å². The minimum atomic E-state index is -2.10. The SMILES string of the molecule is CC(=O)N[C@H]1[C@H](OCC[Si](C)(C)C)O[C@@H](CO)[C@@H](O[C@@H]2O[C@@H](CO)[C@@]3(O)COC(C(C)=O)O[C@@H]3[C@H]2O)[C@@H]1O[C@@H]1O[C@@H](C)[C@@H](O)[C@@H](O)[C@@H]1O. The number of carbonyl (C=O) groups excluding carboxylic acids is 2. The fourth-order valence-electron chi connectivity index (χ4n) is 6.09. The largest absolute Gasteiger partial charge is 0.394 e. The van der Waals surface area contributed by atoms with Gasteiger partial charge in [-0.2, -0.15) is 0 Å². The summed E-state index contributed by atoms with van der Waals surface area (Å²) in [7, 11) is -1.60. The van der Waals surface area contributed by atoms with Crippen LogP contribution in [-0.2, 0) is 47.5 Å². The predicted octanol–water partition coefficient (Wildman–Crippen LogP) is -3.70. The molecule has 0 aromatic rings. The van der Waals surface area contributed by atoms with E-state index in [0.29, 0.717) is 6.04 Å². The first-order chi connectivity index (χ1) is 22.4. The number of ketones is 1. The monoisotopic (exact) mass is 713 g/mol. The fourth-order valence-corrected chi connectivity index (χ4v) is 6.82. The smallest absolute Gasteiger partial charge is 0.218 e. The van der Waals surface area contributed by atoms with E-state index in [1.807, 2.05) is 0 Å². The van der Waals surface area contributed by atoms with Crippen LogP contribution in [0.4, 0.5) is 0 Å². The molecular weight excluding hydrogens is 662 g/mol. The van der Waals surface area contributed by atoms with E-state index in [4.69, 9.17) is 37.9 Å². The zero-order valence-corrected chi connectivity index (χ0v) is 28.9. The summed E-state index contributed by atoms with van der Waals surface area (Å²) in [4.78, 5) is 24.5. The molecule has 0 saturated carbocycles. The highest BCUT2D eigenvalue weighted by Gasteiger charge is 2.61. The summed E-state index contributed by atoms with van der Waals surface area (Å²) in [5.41, 5.74) is -2.10. The summed E-state index contributed by atoms with van der Waals surface area (Å²) in [6.07, 6.45) is -20.9. The topological polar surface area (TPSA) is 262 Å². The lowest BCUT2D eigenvalue weighted by Crippen LogP contribution is -2.74. The number of aliphatic hydroxyl groups excluding tert-OH is 6. The van der Waals surface area contributed by atoms with Crippen molar-refractivity contribution in [2.75, 3.05) is 26.4 Å². The van der Waals surface area contributed by atoms with E-state index >= 15 is 0 Å². The maximum absolute atomic E-state index is 12.5. The van der Waals surface area contributed by atoms with Gasteiger partial charge in [-0.1, -0.05) is 19.6 Å². The first-order valence-electron chi connectivity index (χ1n) is 16.0. The summed E-state index contributed by atoms with van der Waals surface area (Å²) in [5.74, 6) is -1.09. The van der Waals surface area contributed by atoms with Crippen molar-refractivity contribution in [2.24, 2.45) is 0 Å². The van der Waals surface area contributed by atoms with E-state index < -0.39 is 137 Å². The first-order valence-corrected chi connectivity index (χ1v) is 19.7. The molecule has 0 bridgehead atoms. The Hall–Kier alpha value is -1.24. The lowest BCUT2D eigenvalue weighted by Gasteiger charge is -2.54. The van der Waals surface area contributed by atoms with E-state index in [9.17, 15) is 45.3 Å². The molecule has 4 aliphatic heterocycles. The number of amides is 1. The van der Waals surface area contributed by atoms with Crippen molar-refractivity contribution < 1.29 is 83.2 Å². The predicted molar refractivity (Wildman–Crippen MR) is 162 cm³/mol. The molecule has 4 fully saturated rings. The molecule has 0 aromatic heterocycles. The highest BCUT2D eigenvalue weighted by atomic mass is 28.3. The second kappa shape index (κ2) is 16.0. The lowest BCUT2D eigenvalue weighted by molar-refractivity contribution is -0.407. The number of fused-ring (bicyclic) bond motifs is 1. The molecule has 48 heavy (non-hydrogen) atoms. The Morgan fingerprint density at radius 1 is 0.854 bits per heavy atom. The third kappa shape index (κ3) is 8.61. The van der Waals surface area contributed by atoms with Crippen molar-refractivity contribution in [1.82, 2.24) is 5.32 Å². The average molecular weight is 714 g/mol. The Bertz CT molecular complexity index is 1100. The quantitative estimate of drug-likeness (QED) is 0.0905. The zero-order valence-electron chi connectivity index (χ0n) is 27.9. The highest BCUT2D eigenvalue weighted by molar-refractivity contribution is 6.76. The molecule has 0 aromatic carbocycles. The van der Waals surface area contributed by atoms with Crippen LogP contribution in [0.1, 0.15) is 20.8 Å². The molecule has 1 amide bonds. The normalized spacial score (nSPS) is 45.3. The molecular formula is C29H51NO17Si. The fraction of sp³-hybridized carbons (Fsp3) is 0.931. The van der Waals surface area contributed by atoms with Crippen molar-refractivity contribution in [3.63, 3.8) is 0 Å². The molecule has 8 N–H and O–H groups in total. The minimum Gasteiger partial charge on any atom is -0.394 e. The van der Waals surface area contributed by atoms with Gasteiger partial charge in [-0.3, -0.25) is 9.59 Å². The van der Waals surface area contributed by atoms with Gasteiger partial charge in [-0.15, -0.1) is 0 Å². The summed E-state index contributed by atoms with van der Waals surface area (Å²) in [5, 5.41) is 77.6. The molecule has 0 aliphatic carbocycles. The number of nitrogens with one attached hydrogen (secondary N) is 1. The van der Waals surface area contributed by atoms with Crippen LogP contribution in [0.5, 0.6) is 0 Å². The maximum Gasteiger partial charge on any atom is 0.218 e. The summed E-state index contributed by atoms with van der Waals surface area (Å²) < 4.78 is 46.9. The lowest BCUT2D eigenvalue weighted by atomic mass is 9.83. The number of carbonyl (C=O) groups is 2. The number of hydrogen-bond acceptors (Lipinski definition) is 17. The van der Waals surface area contributed by atoms with Crippen LogP contribution >= 0.6 is 0 Å². The minimum absolute atomic E-state index is 0.219. The summed E-state index contributed by atoms with van der Waals surface area (Å²) >= 11 is 0. The third-order valence-corrected chi connectivity index (χ3v) is 10.6. The number of aliphatic hydroxyl groups is 7. The Balaban J connectivity index is 1.70. The van der Waals surface area contributed by atoms with E-state index in [-0.39, 0.29) is 6.61 Å². The first kappa shape index (κ1) is 39.5. The molecule has 4 rings (SSSR count). The molecule has 4 saturated heterocycles. The van der Waals surface area contributed by atoms with Crippen molar-refractivity contribution >= 4 is 19.8 Å². The van der Waals surface area contributed by atoms with Crippen LogP contribution in [0, 0.1) is 0 Å². The van der Waals surface area contributed by atoms with Crippen molar-refractivity contribution in [3.8, 4) is 0 Å². The summed E-state index contributed by atoms with van der Waals surface area (Å²) in [6.45, 7) is 8.45. The van der Waals surface area contributed by atoms with Gasteiger partial charge in [-0.05, 0) is 19.9 Å². The van der Waals surface area contributed by atoms with E-state index in [0.717, 1.165) is 0 Å². The van der Waals surface area contributed by atoms with Crippen molar-refractivity contribution in [3.05, 3.63) is 0 Å². The molecule has 19 heteroatoms. The Morgan fingerprint density at radius 3 is 2.08 bits per heavy atom. The van der Waals surface area contributed by atoms with Crippen molar-refractivity contribution in [1.29, 1.82) is 0 Å². The van der Waals surface area contributed by atoms with Gasteiger partial charge in [0.2, 0.25) is 12.2 Å². The molecule has 278 valence electrons. The van der Waals surface area contributed by atoms with Gasteiger partial charge in [0.1, 0.15) is 66.6 Å². The van der Waals surface area contributed by atoms with Crippen LogP contribution in [0.25, 0.3) is 0 Å². The Labute approximate surface area is 279 Å². The van der Waals surface area contributed by atoms with Gasteiger partial charge in [0.25, 0.3) is 0 Å². The van der Waals surface area contributed by atoms with Gasteiger partial charge >= 0.3 is 0 Å². The molecule has 4 aliphatic rings. The number of rotatable bonds is 12. The average Bonchev–Trinajstić information content (AvgIpc) is 3.01. The van der Waals surface area contributed by atoms with E-state index in [1.54, 1.807) is 0 Å². The van der Waals surface area contributed by atoms with Crippen LogP contribution < -0.4 is 5.32 Å². The second-order valence-corrected chi connectivity index (χ2v) is 19.6. The Morgan fingerprint density at radius 2 is 1.50 bits per heavy atom. The maximum atomic E-state index is 12.5. The van der Waals surface area contributed by atoms with Crippen LogP contribution in [0.3, 0.4) is 0 Å². The Kier molecular flexibility index (Phi) is 13.2. The van der Waals surface area contributed by atoms with Crippen molar-refractivity contribution in [2.45, 2.75) is 144 Å². The number of Topliss-reactive ketones (excluding diaryl/α,β-unsaturated/α-hetero) is 1. The molecule has 0 spiro atoms. The molecule has 4 heterocycles. The van der Waals surface area contributed by atoms with Gasteiger partial charge in [0, 0.05) is 21.6 Å². The third-order valence-electron chi connectivity index (χ3n) is 8.89. The van der Waals surface area contributed by atoms with Gasteiger partial charge < -0.3 is 79.0 Å². The van der Waals surface area contributed by atoms with Crippen LogP contribution in [0.2, 0.25) is 25.7 Å². The standard InChI is InChI=1S/C29H51NO17Si/c1-12(33)25-41-11-29(39)16(10-32)44-28(21(38)24(29)47-25)45-22-15(9-31)43-26(40-7-8-48(4,5)6)17(30-14(3)34)23(22)46-27-20(37)19(36)18(35)13(2)42-27/h13,15-28,31-32,35-39H,7-11H2,1-6H3,(H,30,34)/t13-,15-,16-,17+,18+,19+,20-,21+,22+,23+,24+,25?,26+,27-,28-,29-/m0/s1. The zero-order chi connectivity index (χ0) is 35.7. The molecule has 1 unspecified atom stereocenters. The van der Waals surface area contributed by atoms with E-state index in [2.05, 4.69) is 25.0 Å². The molecule has 0 radical (unpaired) electrons. The molecule has 16 atom stereocenters. The van der Waals surface area contributed by atoms with Gasteiger partial charge in [0.05, 0.1) is 25.9 Å². The number of hydrogen-bond donors (Lipinski definition) is 8. The van der Waals surface area contributed by atoms with Gasteiger partial charge in [0.15, 0.2) is 24.7 Å². The molecule has 18 nitrogen and oxygen atoms in total. The van der Waals surface area contributed by atoms with E-state index in [1.165, 1.54) is 20.8 Å². The second-order valence-electron chi connectivity index (χ2n) is 14.0. The number of ether oxygens (including phenoxy) is 8. The highest BCUT2D eigenvalue weighted by Crippen LogP contribution is 2.39. The van der Waals surface area contributed by atoms with Crippen LogP contribution in [-0.4, -0.2) is 180 Å².